The van der Waals surface area contributed by atoms with Crippen LogP contribution in [-0.4, -0.2) is 16.7 Å². The van der Waals surface area contributed by atoms with E-state index in [0.29, 0.717) is 0 Å². The van der Waals surface area contributed by atoms with Gasteiger partial charge >= 0.3 is 6.61 Å². The van der Waals surface area contributed by atoms with E-state index >= 15 is 0 Å². The number of nitrogens with zero attached hydrogens (tertiary/aromatic N) is 2. The molecule has 0 saturated carbocycles. The molecule has 0 bridgehead atoms. The summed E-state index contributed by atoms with van der Waals surface area (Å²) in [4.78, 5) is 3.32. The van der Waals surface area contributed by atoms with E-state index in [2.05, 4.69) is 9.72 Å². The number of hydrogen-bond donors (Lipinski definition) is 1. The van der Waals surface area contributed by atoms with Crippen LogP contribution >= 0.6 is 0 Å². The Balaban J connectivity index is 3.03. The molecule has 0 saturated heterocycles. The molecule has 0 fully saturated rings. The molecule has 13 heavy (non-hydrogen) atoms. The number of ether oxygens (including phenoxy) is 1. The summed E-state index contributed by atoms with van der Waals surface area (Å²) in [6.07, 6.45) is 1.09. The van der Waals surface area contributed by atoms with E-state index in [1.165, 1.54) is 6.07 Å². The zero-order valence-corrected chi connectivity index (χ0v) is 6.24. The second kappa shape index (κ2) is 3.67. The molecule has 0 spiro atoms. The van der Waals surface area contributed by atoms with E-state index < -0.39 is 18.2 Å². The Hall–Kier alpha value is -1.90. The summed E-state index contributed by atoms with van der Waals surface area (Å²) in [6, 6.07) is 2.78. The van der Waals surface area contributed by atoms with Gasteiger partial charge in [0.1, 0.15) is 11.6 Å². The first-order valence-corrected chi connectivity index (χ1v) is 3.18. The Morgan fingerprint density at radius 1 is 1.62 bits per heavy atom. The normalized spacial score (nSPS) is 9.69. The van der Waals surface area contributed by atoms with Gasteiger partial charge in [-0.15, -0.1) is 0 Å². The number of halogens is 2. The maximum atomic E-state index is 11.7. The van der Waals surface area contributed by atoms with Crippen LogP contribution in [0.1, 0.15) is 5.56 Å². The maximum absolute atomic E-state index is 11.7. The van der Waals surface area contributed by atoms with Crippen LogP contribution in [0.2, 0.25) is 0 Å². The highest BCUT2D eigenvalue weighted by Crippen LogP contribution is 2.27. The zero-order valence-electron chi connectivity index (χ0n) is 6.24. The summed E-state index contributed by atoms with van der Waals surface area (Å²) in [6.45, 7) is -3.08. The predicted octanol–water partition coefficient (Wildman–Crippen LogP) is 1.26. The third kappa shape index (κ3) is 2.02. The van der Waals surface area contributed by atoms with Crippen LogP contribution in [0, 0.1) is 11.3 Å². The third-order valence-electron chi connectivity index (χ3n) is 1.21. The SMILES string of the molecule is N#Cc1ccnc(OC(F)F)c1O. The Kier molecular flexibility index (Phi) is 2.59. The minimum Gasteiger partial charge on any atom is -0.502 e. The lowest BCUT2D eigenvalue weighted by Crippen LogP contribution is -2.04. The molecule has 0 atom stereocenters. The van der Waals surface area contributed by atoms with E-state index in [1.54, 1.807) is 6.07 Å². The van der Waals surface area contributed by atoms with Crippen molar-refractivity contribution in [2.24, 2.45) is 0 Å². The fourth-order valence-electron chi connectivity index (χ4n) is 0.696. The zero-order chi connectivity index (χ0) is 9.84. The molecule has 0 unspecified atom stereocenters. The van der Waals surface area contributed by atoms with Gasteiger partial charge in [-0.2, -0.15) is 14.0 Å². The number of pyridine rings is 1. The summed E-state index contributed by atoms with van der Waals surface area (Å²) in [5, 5.41) is 17.5. The number of aromatic nitrogens is 1. The van der Waals surface area contributed by atoms with E-state index in [1.807, 2.05) is 0 Å². The minimum atomic E-state index is -3.08. The number of nitriles is 1. The molecule has 1 aromatic heterocycles. The Morgan fingerprint density at radius 2 is 2.31 bits per heavy atom. The maximum Gasteiger partial charge on any atom is 0.388 e. The highest BCUT2D eigenvalue weighted by molar-refractivity contribution is 5.47. The van der Waals surface area contributed by atoms with Crippen LogP contribution in [0.5, 0.6) is 11.6 Å². The van der Waals surface area contributed by atoms with Gasteiger partial charge in [0, 0.05) is 6.20 Å². The van der Waals surface area contributed by atoms with E-state index in [9.17, 15) is 8.78 Å². The van der Waals surface area contributed by atoms with Crippen molar-refractivity contribution in [1.29, 1.82) is 5.26 Å². The number of aromatic hydroxyl groups is 1. The lowest BCUT2D eigenvalue weighted by atomic mass is 10.3. The van der Waals surface area contributed by atoms with Gasteiger partial charge in [0.05, 0.1) is 0 Å². The number of alkyl halides is 2. The lowest BCUT2D eigenvalue weighted by Gasteiger charge is -2.04. The molecule has 1 aromatic rings. The molecular formula is C7H4F2N2O2. The topological polar surface area (TPSA) is 66.1 Å². The molecule has 1 heterocycles. The van der Waals surface area contributed by atoms with Gasteiger partial charge in [0.25, 0.3) is 5.88 Å². The van der Waals surface area contributed by atoms with Crippen LogP contribution in [-0.2, 0) is 0 Å². The molecule has 1 N–H and O–H groups in total. The van der Waals surface area contributed by atoms with Crippen LogP contribution in [0.25, 0.3) is 0 Å². The third-order valence-corrected chi connectivity index (χ3v) is 1.21. The fraction of sp³-hybridized carbons (Fsp3) is 0.143. The van der Waals surface area contributed by atoms with Crippen molar-refractivity contribution >= 4 is 0 Å². The van der Waals surface area contributed by atoms with Gasteiger partial charge in [0.15, 0.2) is 5.75 Å². The van der Waals surface area contributed by atoms with Crippen LogP contribution < -0.4 is 4.74 Å². The molecule has 0 aliphatic heterocycles. The number of rotatable bonds is 2. The quantitative estimate of drug-likeness (QED) is 0.754. The molecule has 0 amide bonds. The summed E-state index contributed by atoms with van der Waals surface area (Å²) >= 11 is 0. The molecule has 4 nitrogen and oxygen atoms in total. The van der Waals surface area contributed by atoms with Crippen molar-refractivity contribution in [3.63, 3.8) is 0 Å². The first-order valence-electron chi connectivity index (χ1n) is 3.18. The van der Waals surface area contributed by atoms with Crippen molar-refractivity contribution < 1.29 is 18.6 Å². The Labute approximate surface area is 72.0 Å². The van der Waals surface area contributed by atoms with Crippen molar-refractivity contribution in [2.45, 2.75) is 6.61 Å². The summed E-state index contributed by atoms with van der Waals surface area (Å²) in [5.74, 6) is -1.32. The average Bonchev–Trinajstić information content (AvgIpc) is 2.08. The Bertz CT molecular complexity index is 349. The fourth-order valence-corrected chi connectivity index (χ4v) is 0.696. The van der Waals surface area contributed by atoms with Gasteiger partial charge in [-0.05, 0) is 6.07 Å². The summed E-state index contributed by atoms with van der Waals surface area (Å²) < 4.78 is 27.2. The van der Waals surface area contributed by atoms with Crippen molar-refractivity contribution in [3.05, 3.63) is 17.8 Å². The average molecular weight is 186 g/mol. The highest BCUT2D eigenvalue weighted by atomic mass is 19.3. The van der Waals surface area contributed by atoms with Crippen LogP contribution in [0.4, 0.5) is 8.78 Å². The first kappa shape index (κ1) is 9.19. The predicted molar refractivity (Wildman–Crippen MR) is 37.2 cm³/mol. The smallest absolute Gasteiger partial charge is 0.388 e. The van der Waals surface area contributed by atoms with E-state index in [-0.39, 0.29) is 5.56 Å². The van der Waals surface area contributed by atoms with Gasteiger partial charge in [-0.25, -0.2) is 4.98 Å². The van der Waals surface area contributed by atoms with Crippen LogP contribution in [0.15, 0.2) is 12.3 Å². The molecule has 0 radical (unpaired) electrons. The second-order valence-corrected chi connectivity index (χ2v) is 2.00. The standard InChI is InChI=1S/C7H4F2N2O2/c8-7(9)13-6-5(12)4(3-10)1-2-11-6/h1-2,7,12H. The first-order chi connectivity index (χ1) is 6.15. The monoisotopic (exact) mass is 186 g/mol. The molecule has 0 aliphatic carbocycles. The molecule has 0 aromatic carbocycles. The van der Waals surface area contributed by atoms with E-state index in [0.717, 1.165) is 6.20 Å². The Morgan fingerprint density at radius 3 is 2.85 bits per heavy atom. The molecule has 1 rings (SSSR count). The molecule has 6 heteroatoms. The van der Waals surface area contributed by atoms with E-state index in [4.69, 9.17) is 10.4 Å². The number of hydrogen-bond acceptors (Lipinski definition) is 4. The van der Waals surface area contributed by atoms with Gasteiger partial charge in [-0.3, -0.25) is 0 Å². The summed E-state index contributed by atoms with van der Waals surface area (Å²) in [5.41, 5.74) is -0.161. The van der Waals surface area contributed by atoms with Gasteiger partial charge < -0.3 is 9.84 Å². The van der Waals surface area contributed by atoms with Crippen LogP contribution in [0.3, 0.4) is 0 Å². The second-order valence-electron chi connectivity index (χ2n) is 2.00. The largest absolute Gasteiger partial charge is 0.502 e. The highest BCUT2D eigenvalue weighted by Gasteiger charge is 2.13. The van der Waals surface area contributed by atoms with Crippen molar-refractivity contribution in [3.8, 4) is 17.7 Å². The van der Waals surface area contributed by atoms with Gasteiger partial charge in [0.2, 0.25) is 0 Å². The minimum absolute atomic E-state index is 0.161. The molecule has 0 aliphatic rings. The molecular weight excluding hydrogens is 182 g/mol. The van der Waals surface area contributed by atoms with Crippen molar-refractivity contribution in [1.82, 2.24) is 4.98 Å². The summed E-state index contributed by atoms with van der Waals surface area (Å²) in [7, 11) is 0. The van der Waals surface area contributed by atoms with Gasteiger partial charge in [-0.1, -0.05) is 0 Å². The molecule has 68 valence electrons. The van der Waals surface area contributed by atoms with Crippen molar-refractivity contribution in [2.75, 3.05) is 0 Å². The lowest BCUT2D eigenvalue weighted by molar-refractivity contribution is -0.0543.